The minimum Gasteiger partial charge on any atom is -0.507 e. The number of anilines is 1. The van der Waals surface area contributed by atoms with E-state index in [0.29, 0.717) is 10.0 Å². The molecule has 4 rings (SSSR count). The molecule has 1 aliphatic rings. The average molecular weight is 480 g/mol. The number of hydrogen-bond acceptors (Lipinski definition) is 6. The largest absolute Gasteiger partial charge is 0.507 e. The molecule has 1 aromatic heterocycles. The molecule has 2 heterocycles. The van der Waals surface area contributed by atoms with Gasteiger partial charge in [0.05, 0.1) is 16.5 Å². The van der Waals surface area contributed by atoms with Crippen LogP contribution in [0.3, 0.4) is 0 Å². The van der Waals surface area contributed by atoms with Crippen molar-refractivity contribution in [3.63, 3.8) is 0 Å². The molecule has 2 aromatic carbocycles. The standard InChI is InChI=1S/C22H14BrN3O5/c23-15-8-11-17(24-12-15)25-19(13-4-2-1-3-5-13)18(21(28)22(25)29)20(27)14-6-9-16(10-7-14)26(30)31/h1-12,19,27H/b20-18+/t19-/m0/s1. The number of hydrogen-bond donors (Lipinski definition) is 1. The molecule has 8 nitrogen and oxygen atoms in total. The van der Waals surface area contributed by atoms with Crippen LogP contribution in [0.5, 0.6) is 0 Å². The van der Waals surface area contributed by atoms with E-state index in [2.05, 4.69) is 20.9 Å². The smallest absolute Gasteiger partial charge is 0.301 e. The lowest BCUT2D eigenvalue weighted by atomic mass is 9.95. The van der Waals surface area contributed by atoms with E-state index in [9.17, 15) is 24.8 Å². The van der Waals surface area contributed by atoms with Gasteiger partial charge in [0.2, 0.25) is 0 Å². The molecule has 1 aliphatic heterocycles. The maximum absolute atomic E-state index is 13.0. The monoisotopic (exact) mass is 479 g/mol. The Kier molecular flexibility index (Phi) is 5.35. The van der Waals surface area contributed by atoms with E-state index in [0.717, 1.165) is 0 Å². The highest BCUT2D eigenvalue weighted by atomic mass is 79.9. The normalized spacial score (nSPS) is 17.7. The minimum absolute atomic E-state index is 0.116. The highest BCUT2D eigenvalue weighted by molar-refractivity contribution is 9.10. The lowest BCUT2D eigenvalue weighted by Crippen LogP contribution is -2.30. The molecule has 9 heteroatoms. The van der Waals surface area contributed by atoms with E-state index < -0.39 is 28.4 Å². The molecule has 0 unspecified atom stereocenters. The topological polar surface area (TPSA) is 114 Å². The number of rotatable bonds is 4. The predicted octanol–water partition coefficient (Wildman–Crippen LogP) is 4.38. The summed E-state index contributed by atoms with van der Waals surface area (Å²) in [6.45, 7) is 0. The van der Waals surface area contributed by atoms with Gasteiger partial charge in [-0.25, -0.2) is 4.98 Å². The van der Waals surface area contributed by atoms with E-state index in [-0.39, 0.29) is 22.6 Å². The molecule has 1 amide bonds. The zero-order valence-electron chi connectivity index (χ0n) is 15.8. The van der Waals surface area contributed by atoms with Gasteiger partial charge in [-0.2, -0.15) is 0 Å². The first-order valence-corrected chi connectivity index (χ1v) is 9.90. The number of nitrogens with zero attached hydrogens (tertiary/aromatic N) is 3. The summed E-state index contributed by atoms with van der Waals surface area (Å²) in [4.78, 5) is 41.8. The molecule has 1 atom stereocenters. The van der Waals surface area contributed by atoms with Crippen LogP contribution < -0.4 is 4.90 Å². The first kappa shape index (κ1) is 20.4. The number of amides is 1. The van der Waals surface area contributed by atoms with E-state index in [1.807, 2.05) is 0 Å². The fourth-order valence-corrected chi connectivity index (χ4v) is 3.66. The predicted molar refractivity (Wildman–Crippen MR) is 116 cm³/mol. The number of benzene rings is 2. The van der Waals surface area contributed by atoms with Crippen molar-refractivity contribution in [2.75, 3.05) is 4.90 Å². The Morgan fingerprint density at radius 1 is 1.03 bits per heavy atom. The second kappa shape index (κ2) is 8.11. The summed E-state index contributed by atoms with van der Waals surface area (Å²) >= 11 is 3.29. The first-order valence-electron chi connectivity index (χ1n) is 9.11. The quantitative estimate of drug-likeness (QED) is 0.195. The summed E-state index contributed by atoms with van der Waals surface area (Å²) < 4.78 is 0.704. The zero-order chi connectivity index (χ0) is 22.1. The molecular formula is C22H14BrN3O5. The van der Waals surface area contributed by atoms with Crippen LogP contribution in [0.1, 0.15) is 17.2 Å². The zero-order valence-corrected chi connectivity index (χ0v) is 17.4. The minimum atomic E-state index is -0.912. The number of pyridine rings is 1. The number of Topliss-reactive ketones (excluding diaryl/α,β-unsaturated/α-hetero) is 1. The third-order valence-electron chi connectivity index (χ3n) is 4.87. The Morgan fingerprint density at radius 3 is 2.29 bits per heavy atom. The molecule has 0 aliphatic carbocycles. The number of nitro benzene ring substituents is 1. The van der Waals surface area contributed by atoms with Crippen LogP contribution in [0.2, 0.25) is 0 Å². The fourth-order valence-electron chi connectivity index (χ4n) is 3.43. The Bertz CT molecular complexity index is 1210. The van der Waals surface area contributed by atoms with Crippen molar-refractivity contribution in [1.29, 1.82) is 0 Å². The van der Waals surface area contributed by atoms with Crippen molar-refractivity contribution in [2.45, 2.75) is 6.04 Å². The number of aromatic nitrogens is 1. The molecule has 154 valence electrons. The lowest BCUT2D eigenvalue weighted by molar-refractivity contribution is -0.384. The number of carbonyl (C=O) groups excluding carboxylic acids is 2. The van der Waals surface area contributed by atoms with Crippen LogP contribution in [-0.4, -0.2) is 26.7 Å². The molecule has 1 fully saturated rings. The van der Waals surface area contributed by atoms with Crippen LogP contribution in [0, 0.1) is 10.1 Å². The summed E-state index contributed by atoms with van der Waals surface area (Å²) in [5, 5.41) is 21.9. The van der Waals surface area contributed by atoms with Crippen molar-refractivity contribution < 1.29 is 19.6 Å². The van der Waals surface area contributed by atoms with Gasteiger partial charge < -0.3 is 5.11 Å². The molecule has 0 bridgehead atoms. The van der Waals surface area contributed by atoms with Crippen LogP contribution >= 0.6 is 15.9 Å². The van der Waals surface area contributed by atoms with Crippen LogP contribution in [0.15, 0.2) is 83.0 Å². The number of aliphatic hydroxyl groups is 1. The number of aliphatic hydroxyl groups excluding tert-OH is 1. The third-order valence-corrected chi connectivity index (χ3v) is 5.34. The maximum Gasteiger partial charge on any atom is 0.301 e. The van der Waals surface area contributed by atoms with Crippen molar-refractivity contribution in [3.8, 4) is 0 Å². The summed E-state index contributed by atoms with van der Waals surface area (Å²) in [5.41, 5.74) is 0.522. The van der Waals surface area contributed by atoms with Gasteiger partial charge in [-0.3, -0.25) is 24.6 Å². The maximum atomic E-state index is 13.0. The molecule has 1 saturated heterocycles. The third kappa shape index (κ3) is 3.71. The Labute approximate surface area is 184 Å². The van der Waals surface area contributed by atoms with Crippen molar-refractivity contribution in [3.05, 3.63) is 104 Å². The fraction of sp³-hybridized carbons (Fsp3) is 0.0455. The van der Waals surface area contributed by atoms with E-state index in [1.54, 1.807) is 42.5 Å². The highest BCUT2D eigenvalue weighted by Gasteiger charge is 2.47. The Morgan fingerprint density at radius 2 is 1.71 bits per heavy atom. The average Bonchev–Trinajstić information content (AvgIpc) is 3.05. The molecule has 0 spiro atoms. The Balaban J connectivity index is 1.90. The van der Waals surface area contributed by atoms with Crippen LogP contribution in [0.4, 0.5) is 11.5 Å². The second-order valence-electron chi connectivity index (χ2n) is 6.72. The van der Waals surface area contributed by atoms with E-state index in [4.69, 9.17) is 0 Å². The van der Waals surface area contributed by atoms with Crippen molar-refractivity contribution in [1.82, 2.24) is 4.98 Å². The summed E-state index contributed by atoms with van der Waals surface area (Å²) in [6.07, 6.45) is 1.51. The number of ketones is 1. The Hall–Kier alpha value is -3.85. The molecule has 0 radical (unpaired) electrons. The second-order valence-corrected chi connectivity index (χ2v) is 7.63. The van der Waals surface area contributed by atoms with Crippen molar-refractivity contribution in [2.24, 2.45) is 0 Å². The number of halogens is 1. The summed E-state index contributed by atoms with van der Waals surface area (Å²) in [7, 11) is 0. The van der Waals surface area contributed by atoms with Crippen molar-refractivity contribution >= 4 is 44.9 Å². The number of carbonyl (C=O) groups is 2. The van der Waals surface area contributed by atoms with Gasteiger partial charge >= 0.3 is 5.91 Å². The van der Waals surface area contributed by atoms with Crippen LogP contribution in [0.25, 0.3) is 5.76 Å². The van der Waals surface area contributed by atoms with E-state index in [1.165, 1.54) is 35.4 Å². The van der Waals surface area contributed by atoms with Gasteiger partial charge in [0, 0.05) is 28.4 Å². The van der Waals surface area contributed by atoms with Gasteiger partial charge in [0.15, 0.2) is 0 Å². The van der Waals surface area contributed by atoms with Gasteiger partial charge in [-0.05, 0) is 45.8 Å². The molecule has 31 heavy (non-hydrogen) atoms. The number of non-ortho nitro benzene ring substituents is 1. The van der Waals surface area contributed by atoms with Gasteiger partial charge in [0.25, 0.3) is 11.5 Å². The lowest BCUT2D eigenvalue weighted by Gasteiger charge is -2.24. The van der Waals surface area contributed by atoms with Gasteiger partial charge in [-0.15, -0.1) is 0 Å². The molecule has 1 N–H and O–H groups in total. The summed E-state index contributed by atoms with van der Waals surface area (Å²) in [5.74, 6) is -1.86. The van der Waals surface area contributed by atoms with Gasteiger partial charge in [0.1, 0.15) is 11.6 Å². The van der Waals surface area contributed by atoms with E-state index >= 15 is 0 Å². The summed E-state index contributed by atoms with van der Waals surface area (Å²) in [6, 6.07) is 16.3. The molecular weight excluding hydrogens is 466 g/mol. The molecule has 0 saturated carbocycles. The highest BCUT2D eigenvalue weighted by Crippen LogP contribution is 2.41. The van der Waals surface area contributed by atoms with Crippen LogP contribution in [-0.2, 0) is 9.59 Å². The first-order chi connectivity index (χ1) is 14.9. The molecule has 3 aromatic rings. The number of nitro groups is 1. The van der Waals surface area contributed by atoms with Gasteiger partial charge in [-0.1, -0.05) is 30.3 Å². The SMILES string of the molecule is O=C1C(=O)N(c2ccc(Br)cn2)[C@@H](c2ccccc2)/C1=C(\O)c1ccc([N+](=O)[O-])cc1.